The third-order valence-corrected chi connectivity index (χ3v) is 5.72. The van der Waals surface area contributed by atoms with E-state index >= 15 is 0 Å². The fourth-order valence-corrected chi connectivity index (χ4v) is 4.35. The predicted molar refractivity (Wildman–Crippen MR) is 88.4 cm³/mol. The van der Waals surface area contributed by atoms with Crippen LogP contribution in [0.5, 0.6) is 0 Å². The molecule has 2 unspecified atom stereocenters. The molecule has 3 rings (SSSR count). The Morgan fingerprint density at radius 1 is 1.22 bits per heavy atom. The lowest BCUT2D eigenvalue weighted by molar-refractivity contribution is 0.336. The molecule has 0 bridgehead atoms. The fraction of sp³-hybridized carbons (Fsp3) is 0.500. The van der Waals surface area contributed by atoms with E-state index in [0.717, 1.165) is 11.1 Å². The Morgan fingerprint density at radius 2 is 2.06 bits per heavy atom. The van der Waals surface area contributed by atoms with Gasteiger partial charge in [-0.3, -0.25) is 4.99 Å². The topological polar surface area (TPSA) is 24.4 Å². The summed E-state index contributed by atoms with van der Waals surface area (Å²) in [5.41, 5.74) is 1.18. The Labute approximate surface area is 126 Å². The predicted octanol–water partition coefficient (Wildman–Crippen LogP) is 4.36. The Morgan fingerprint density at radius 3 is 2.94 bits per heavy atom. The molecule has 0 spiro atoms. The van der Waals surface area contributed by atoms with Gasteiger partial charge < -0.3 is 5.32 Å². The van der Waals surface area contributed by atoms with E-state index in [1.165, 1.54) is 40.7 Å². The van der Waals surface area contributed by atoms with Gasteiger partial charge in [0.25, 0.3) is 0 Å². The van der Waals surface area contributed by atoms with Gasteiger partial charge in [-0.2, -0.15) is 0 Å². The first-order chi connectivity index (χ1) is 8.83. The van der Waals surface area contributed by atoms with Crippen molar-refractivity contribution in [3.63, 3.8) is 0 Å². The summed E-state index contributed by atoms with van der Waals surface area (Å²) in [6.07, 6.45) is 5.40. The highest BCUT2D eigenvalue weighted by Crippen LogP contribution is 2.34. The van der Waals surface area contributed by atoms with E-state index in [2.05, 4.69) is 52.2 Å². The molecular formula is C14H17IN2S. The number of fused-ring (bicyclic) bond motifs is 1. The summed E-state index contributed by atoms with van der Waals surface area (Å²) in [6.45, 7) is 0. The maximum absolute atomic E-state index is 4.91. The molecule has 1 heterocycles. The van der Waals surface area contributed by atoms with Crippen LogP contribution in [-0.2, 0) is 0 Å². The van der Waals surface area contributed by atoms with Crippen LogP contribution in [-0.4, -0.2) is 17.0 Å². The smallest absolute Gasteiger partial charge is 0.161 e. The Hall–Kier alpha value is -0.230. The van der Waals surface area contributed by atoms with Gasteiger partial charge in [-0.25, -0.2) is 0 Å². The number of anilines is 1. The molecule has 1 aromatic rings. The van der Waals surface area contributed by atoms with Crippen molar-refractivity contribution in [2.45, 2.75) is 31.7 Å². The lowest BCUT2D eigenvalue weighted by Crippen LogP contribution is -2.31. The number of rotatable bonds is 1. The minimum absolute atomic E-state index is 0.573. The number of benzene rings is 1. The Bertz CT molecular complexity index is 461. The summed E-state index contributed by atoms with van der Waals surface area (Å²) in [4.78, 5) is 4.91. The average molecular weight is 372 g/mol. The van der Waals surface area contributed by atoms with Crippen molar-refractivity contribution in [1.29, 1.82) is 0 Å². The molecule has 0 aromatic heterocycles. The molecule has 2 aliphatic rings. The Balaban J connectivity index is 1.73. The summed E-state index contributed by atoms with van der Waals surface area (Å²) in [5, 5.41) is 4.60. The third kappa shape index (κ3) is 2.85. The SMILES string of the molecule is Ic1ccccc1NC1=NC2CCCCC2CS1. The lowest BCUT2D eigenvalue weighted by atomic mass is 9.86. The number of para-hydroxylation sites is 1. The van der Waals surface area contributed by atoms with E-state index < -0.39 is 0 Å². The number of hydrogen-bond donors (Lipinski definition) is 1. The molecule has 2 nitrogen and oxygen atoms in total. The number of aliphatic imine (C=N–C) groups is 1. The van der Waals surface area contributed by atoms with Crippen molar-refractivity contribution in [2.24, 2.45) is 10.9 Å². The Kier molecular flexibility index (Phi) is 4.13. The van der Waals surface area contributed by atoms with Gasteiger partial charge in [0.15, 0.2) is 5.17 Å². The van der Waals surface area contributed by atoms with Crippen molar-refractivity contribution in [3.05, 3.63) is 27.8 Å². The summed E-state index contributed by atoms with van der Waals surface area (Å²) < 4.78 is 1.25. The number of hydrogen-bond acceptors (Lipinski definition) is 3. The summed E-state index contributed by atoms with van der Waals surface area (Å²) in [6, 6.07) is 8.96. The molecule has 0 amide bonds. The maximum atomic E-state index is 4.91. The number of nitrogens with zero attached hydrogens (tertiary/aromatic N) is 1. The quantitative estimate of drug-likeness (QED) is 0.741. The van der Waals surface area contributed by atoms with E-state index in [1.54, 1.807) is 0 Å². The van der Waals surface area contributed by atoms with Crippen LogP contribution in [0.2, 0.25) is 0 Å². The van der Waals surface area contributed by atoms with Gasteiger partial charge in [-0.15, -0.1) is 0 Å². The van der Waals surface area contributed by atoms with Gasteiger partial charge in [0.2, 0.25) is 0 Å². The minimum Gasteiger partial charge on any atom is -0.334 e. The van der Waals surface area contributed by atoms with Crippen LogP contribution in [0.4, 0.5) is 5.69 Å². The standard InChI is InChI=1S/C14H17IN2S/c15-11-6-2-4-8-13(11)17-14-16-12-7-3-1-5-10(12)9-18-14/h2,4,6,8,10,12H,1,3,5,7,9H2,(H,16,17). The molecule has 18 heavy (non-hydrogen) atoms. The molecule has 4 heteroatoms. The molecule has 0 saturated heterocycles. The zero-order valence-corrected chi connectivity index (χ0v) is 13.2. The normalized spacial score (nSPS) is 27.3. The monoisotopic (exact) mass is 372 g/mol. The second kappa shape index (κ2) is 5.82. The van der Waals surface area contributed by atoms with Crippen LogP contribution in [0.1, 0.15) is 25.7 Å². The van der Waals surface area contributed by atoms with Crippen LogP contribution in [0.15, 0.2) is 29.3 Å². The van der Waals surface area contributed by atoms with Crippen molar-refractivity contribution in [3.8, 4) is 0 Å². The van der Waals surface area contributed by atoms with E-state index in [4.69, 9.17) is 4.99 Å². The van der Waals surface area contributed by atoms with Crippen molar-refractivity contribution >= 4 is 45.2 Å². The highest BCUT2D eigenvalue weighted by Gasteiger charge is 2.29. The van der Waals surface area contributed by atoms with Crippen LogP contribution >= 0.6 is 34.4 Å². The first-order valence-corrected chi connectivity index (χ1v) is 8.61. The molecule has 1 aliphatic carbocycles. The first kappa shape index (κ1) is 12.8. The molecule has 1 fully saturated rings. The zero-order valence-electron chi connectivity index (χ0n) is 10.2. The van der Waals surface area contributed by atoms with Crippen molar-refractivity contribution in [1.82, 2.24) is 0 Å². The molecular weight excluding hydrogens is 355 g/mol. The third-order valence-electron chi connectivity index (χ3n) is 3.70. The molecule has 96 valence electrons. The lowest BCUT2D eigenvalue weighted by Gasteiger charge is -2.32. The second-order valence-electron chi connectivity index (χ2n) is 4.96. The largest absolute Gasteiger partial charge is 0.334 e. The molecule has 1 aliphatic heterocycles. The van der Waals surface area contributed by atoms with Gasteiger partial charge in [-0.1, -0.05) is 36.7 Å². The van der Waals surface area contributed by atoms with E-state index in [1.807, 2.05) is 11.8 Å². The van der Waals surface area contributed by atoms with Crippen LogP contribution in [0.3, 0.4) is 0 Å². The molecule has 1 aromatic carbocycles. The number of amidine groups is 1. The average Bonchev–Trinajstić information content (AvgIpc) is 2.41. The van der Waals surface area contributed by atoms with Crippen LogP contribution in [0.25, 0.3) is 0 Å². The van der Waals surface area contributed by atoms with Gasteiger partial charge in [-0.05, 0) is 53.5 Å². The highest BCUT2D eigenvalue weighted by atomic mass is 127. The fourth-order valence-electron chi connectivity index (χ4n) is 2.67. The molecule has 1 saturated carbocycles. The molecule has 0 radical (unpaired) electrons. The second-order valence-corrected chi connectivity index (χ2v) is 7.13. The van der Waals surface area contributed by atoms with Crippen LogP contribution in [0, 0.1) is 9.49 Å². The number of nitrogens with one attached hydrogen (secondary N) is 1. The van der Waals surface area contributed by atoms with E-state index in [-0.39, 0.29) is 0 Å². The zero-order chi connectivity index (χ0) is 12.4. The summed E-state index contributed by atoms with van der Waals surface area (Å²) >= 11 is 4.25. The minimum atomic E-state index is 0.573. The number of thioether (sulfide) groups is 1. The van der Waals surface area contributed by atoms with Gasteiger partial charge in [0.1, 0.15) is 0 Å². The van der Waals surface area contributed by atoms with E-state index in [9.17, 15) is 0 Å². The van der Waals surface area contributed by atoms with Gasteiger partial charge in [0, 0.05) is 9.32 Å². The van der Waals surface area contributed by atoms with Gasteiger partial charge >= 0.3 is 0 Å². The summed E-state index contributed by atoms with van der Waals surface area (Å²) in [5.74, 6) is 2.06. The molecule has 1 N–H and O–H groups in total. The first-order valence-electron chi connectivity index (χ1n) is 6.55. The number of halogens is 1. The van der Waals surface area contributed by atoms with Gasteiger partial charge in [0.05, 0.1) is 11.7 Å². The molecule has 2 atom stereocenters. The van der Waals surface area contributed by atoms with Crippen molar-refractivity contribution in [2.75, 3.05) is 11.1 Å². The van der Waals surface area contributed by atoms with Crippen molar-refractivity contribution < 1.29 is 0 Å². The summed E-state index contributed by atoms with van der Waals surface area (Å²) in [7, 11) is 0. The highest BCUT2D eigenvalue weighted by molar-refractivity contribution is 14.1. The van der Waals surface area contributed by atoms with Crippen LogP contribution < -0.4 is 5.32 Å². The van der Waals surface area contributed by atoms with E-state index in [0.29, 0.717) is 6.04 Å². The maximum Gasteiger partial charge on any atom is 0.161 e.